The molecular weight excluding hydrogens is 156 g/mol. The van der Waals surface area contributed by atoms with Crippen LogP contribution < -0.4 is 0 Å². The Morgan fingerprint density at radius 3 is 3.27 bits per heavy atom. The van der Waals surface area contributed by atoms with Gasteiger partial charge in [-0.1, -0.05) is 0 Å². The summed E-state index contributed by atoms with van der Waals surface area (Å²) in [5, 5.41) is 0.606. The van der Waals surface area contributed by atoms with Crippen LogP contribution in [0.4, 0.5) is 0 Å². The van der Waals surface area contributed by atoms with Gasteiger partial charge in [0, 0.05) is 11.4 Å². The number of thioether (sulfide) groups is 1. The first kappa shape index (κ1) is 7.10. The van der Waals surface area contributed by atoms with Crippen molar-refractivity contribution in [3.63, 3.8) is 0 Å². The average molecular weight is 165 g/mol. The Morgan fingerprint density at radius 1 is 1.64 bits per heavy atom. The minimum absolute atomic E-state index is 0.606. The van der Waals surface area contributed by atoms with Crippen molar-refractivity contribution in [3.8, 4) is 0 Å². The summed E-state index contributed by atoms with van der Waals surface area (Å²) in [4.78, 5) is 7.88. The largest absolute Gasteiger partial charge is 0.234 e. The SMILES string of the molecule is [c]1nccc(C2CCCS2)n1. The number of hydrogen-bond donors (Lipinski definition) is 0. The molecule has 1 unspecified atom stereocenters. The van der Waals surface area contributed by atoms with Crippen LogP contribution in [0.1, 0.15) is 23.8 Å². The zero-order valence-corrected chi connectivity index (χ0v) is 6.97. The molecule has 2 nitrogen and oxygen atoms in total. The monoisotopic (exact) mass is 165 g/mol. The van der Waals surface area contributed by atoms with E-state index in [0.717, 1.165) is 5.69 Å². The number of aromatic nitrogens is 2. The third-order valence-corrected chi connectivity index (χ3v) is 3.22. The summed E-state index contributed by atoms with van der Waals surface area (Å²) >= 11 is 1.99. The predicted octanol–water partition coefficient (Wildman–Crippen LogP) is 1.84. The molecule has 1 aromatic rings. The van der Waals surface area contributed by atoms with E-state index in [4.69, 9.17) is 0 Å². The fraction of sp³-hybridized carbons (Fsp3) is 0.500. The standard InChI is InChI=1S/C8H9N2S/c1-2-8(11-5-1)7-3-4-9-6-10-7/h3-4,8H,1-2,5H2. The molecule has 0 aliphatic carbocycles. The van der Waals surface area contributed by atoms with E-state index in [2.05, 4.69) is 16.3 Å². The summed E-state index contributed by atoms with van der Waals surface area (Å²) in [7, 11) is 0. The minimum Gasteiger partial charge on any atom is -0.234 e. The molecule has 1 aliphatic rings. The number of hydrogen-bond acceptors (Lipinski definition) is 3. The smallest absolute Gasteiger partial charge is 0.197 e. The quantitative estimate of drug-likeness (QED) is 0.635. The Labute approximate surface area is 70.4 Å². The second-order valence-electron chi connectivity index (χ2n) is 2.58. The molecule has 1 radical (unpaired) electrons. The lowest BCUT2D eigenvalue weighted by Crippen LogP contribution is -1.92. The van der Waals surface area contributed by atoms with Gasteiger partial charge < -0.3 is 0 Å². The molecule has 0 saturated carbocycles. The van der Waals surface area contributed by atoms with Gasteiger partial charge in [0.15, 0.2) is 6.33 Å². The molecule has 0 spiro atoms. The van der Waals surface area contributed by atoms with Gasteiger partial charge in [-0.2, -0.15) is 11.8 Å². The maximum atomic E-state index is 4.10. The Hall–Kier alpha value is -0.570. The molecular formula is C8H9N2S. The lowest BCUT2D eigenvalue weighted by Gasteiger charge is -2.04. The molecule has 1 saturated heterocycles. The van der Waals surface area contributed by atoms with Gasteiger partial charge in [0.2, 0.25) is 0 Å². The first-order chi connectivity index (χ1) is 5.47. The molecule has 1 aromatic heterocycles. The molecule has 0 N–H and O–H groups in total. The van der Waals surface area contributed by atoms with Gasteiger partial charge in [-0.25, -0.2) is 9.97 Å². The van der Waals surface area contributed by atoms with E-state index in [9.17, 15) is 0 Å². The lowest BCUT2D eigenvalue weighted by atomic mass is 10.2. The predicted molar refractivity (Wildman–Crippen MR) is 45.3 cm³/mol. The summed E-state index contributed by atoms with van der Waals surface area (Å²) in [5.74, 6) is 1.27. The molecule has 57 valence electrons. The molecule has 2 heterocycles. The molecule has 0 aromatic carbocycles. The van der Waals surface area contributed by atoms with Gasteiger partial charge in [-0.05, 0) is 24.7 Å². The Kier molecular flexibility index (Phi) is 2.08. The second kappa shape index (κ2) is 3.22. The fourth-order valence-corrected chi connectivity index (χ4v) is 2.51. The zero-order valence-electron chi connectivity index (χ0n) is 6.16. The molecule has 11 heavy (non-hydrogen) atoms. The lowest BCUT2D eigenvalue weighted by molar-refractivity contribution is 0.801. The van der Waals surface area contributed by atoms with Crippen LogP contribution in [0.25, 0.3) is 0 Å². The van der Waals surface area contributed by atoms with Crippen LogP contribution in [0.15, 0.2) is 12.3 Å². The van der Waals surface area contributed by atoms with E-state index in [-0.39, 0.29) is 0 Å². The van der Waals surface area contributed by atoms with Gasteiger partial charge in [0.25, 0.3) is 0 Å². The fourth-order valence-electron chi connectivity index (χ4n) is 1.26. The summed E-state index contributed by atoms with van der Waals surface area (Å²) in [6, 6.07) is 1.99. The highest BCUT2D eigenvalue weighted by atomic mass is 32.2. The molecule has 0 amide bonds. The van der Waals surface area contributed by atoms with Crippen molar-refractivity contribution in [2.75, 3.05) is 5.75 Å². The molecule has 2 rings (SSSR count). The van der Waals surface area contributed by atoms with E-state index in [1.54, 1.807) is 6.20 Å². The second-order valence-corrected chi connectivity index (χ2v) is 3.89. The highest BCUT2D eigenvalue weighted by molar-refractivity contribution is 7.99. The van der Waals surface area contributed by atoms with Gasteiger partial charge in [-0.3, -0.25) is 0 Å². The van der Waals surface area contributed by atoms with Crippen LogP contribution in [0, 0.1) is 6.33 Å². The third-order valence-electron chi connectivity index (χ3n) is 1.82. The molecule has 0 bridgehead atoms. The zero-order chi connectivity index (χ0) is 7.52. The molecule has 3 heteroatoms. The van der Waals surface area contributed by atoms with Crippen LogP contribution in [-0.2, 0) is 0 Å². The van der Waals surface area contributed by atoms with Crippen LogP contribution >= 0.6 is 11.8 Å². The minimum atomic E-state index is 0.606. The summed E-state index contributed by atoms with van der Waals surface area (Å²) in [5.41, 5.74) is 1.14. The topological polar surface area (TPSA) is 25.8 Å². The first-order valence-electron chi connectivity index (χ1n) is 3.77. The van der Waals surface area contributed by atoms with Gasteiger partial charge in [0.1, 0.15) is 0 Å². The summed E-state index contributed by atoms with van der Waals surface area (Å²) in [6.07, 6.45) is 6.97. The molecule has 1 fully saturated rings. The summed E-state index contributed by atoms with van der Waals surface area (Å²) in [6.45, 7) is 0. The van der Waals surface area contributed by atoms with E-state index >= 15 is 0 Å². The van der Waals surface area contributed by atoms with Crippen molar-refractivity contribution in [1.82, 2.24) is 9.97 Å². The van der Waals surface area contributed by atoms with Crippen molar-refractivity contribution in [2.45, 2.75) is 18.1 Å². The Morgan fingerprint density at radius 2 is 2.64 bits per heavy atom. The van der Waals surface area contributed by atoms with Crippen LogP contribution in [0.5, 0.6) is 0 Å². The van der Waals surface area contributed by atoms with Crippen LogP contribution in [0.2, 0.25) is 0 Å². The normalized spacial score (nSPS) is 23.8. The Balaban J connectivity index is 2.16. The number of nitrogens with zero attached hydrogens (tertiary/aromatic N) is 2. The van der Waals surface area contributed by atoms with Crippen molar-refractivity contribution >= 4 is 11.8 Å². The van der Waals surface area contributed by atoms with E-state index < -0.39 is 0 Å². The van der Waals surface area contributed by atoms with Crippen molar-refractivity contribution in [3.05, 3.63) is 24.3 Å². The molecule has 1 aliphatic heterocycles. The van der Waals surface area contributed by atoms with Crippen molar-refractivity contribution in [2.24, 2.45) is 0 Å². The van der Waals surface area contributed by atoms with Crippen LogP contribution in [0.3, 0.4) is 0 Å². The first-order valence-corrected chi connectivity index (χ1v) is 4.82. The van der Waals surface area contributed by atoms with Gasteiger partial charge in [-0.15, -0.1) is 0 Å². The van der Waals surface area contributed by atoms with Gasteiger partial charge >= 0.3 is 0 Å². The van der Waals surface area contributed by atoms with Crippen molar-refractivity contribution in [1.29, 1.82) is 0 Å². The van der Waals surface area contributed by atoms with Gasteiger partial charge in [0.05, 0.1) is 5.69 Å². The van der Waals surface area contributed by atoms with E-state index in [0.29, 0.717) is 5.25 Å². The van der Waals surface area contributed by atoms with Crippen LogP contribution in [-0.4, -0.2) is 15.7 Å². The third kappa shape index (κ3) is 1.53. The maximum Gasteiger partial charge on any atom is 0.197 e. The number of rotatable bonds is 1. The maximum absolute atomic E-state index is 4.10. The van der Waals surface area contributed by atoms with E-state index in [1.165, 1.54) is 18.6 Å². The highest BCUT2D eigenvalue weighted by Gasteiger charge is 2.18. The molecule has 1 atom stereocenters. The Bertz CT molecular complexity index is 219. The highest BCUT2D eigenvalue weighted by Crippen LogP contribution is 2.38. The average Bonchev–Trinajstić information content (AvgIpc) is 2.58. The van der Waals surface area contributed by atoms with Crippen molar-refractivity contribution < 1.29 is 0 Å². The summed E-state index contributed by atoms with van der Waals surface area (Å²) < 4.78 is 0. The van der Waals surface area contributed by atoms with E-state index in [1.807, 2.05) is 17.8 Å².